The molecule has 9 heteroatoms. The molecule has 4 rings (SSSR count). The number of halogens is 2. The summed E-state index contributed by atoms with van der Waals surface area (Å²) in [5.41, 5.74) is 1.50. The van der Waals surface area contributed by atoms with Gasteiger partial charge in [0.2, 0.25) is 5.88 Å². The Morgan fingerprint density at radius 1 is 1.14 bits per heavy atom. The number of aromatic nitrogens is 1. The van der Waals surface area contributed by atoms with Gasteiger partial charge in [-0.3, -0.25) is 14.3 Å². The fourth-order valence-corrected chi connectivity index (χ4v) is 4.08. The zero-order chi connectivity index (χ0) is 20.4. The molecule has 0 radical (unpaired) electrons. The lowest BCUT2D eigenvalue weighted by Crippen LogP contribution is -2.37. The molecule has 1 aliphatic heterocycles. The van der Waals surface area contributed by atoms with E-state index in [1.54, 1.807) is 22.8 Å². The number of rotatable bonds is 4. The number of morpholine rings is 1. The second-order valence-corrected chi connectivity index (χ2v) is 8.39. The van der Waals surface area contributed by atoms with E-state index in [1.165, 1.54) is 0 Å². The molecule has 2 aromatic carbocycles. The number of ether oxygens (including phenoxy) is 1. The molecular formula is C20H18Br2N4O3. The van der Waals surface area contributed by atoms with Gasteiger partial charge in [0, 0.05) is 27.4 Å². The van der Waals surface area contributed by atoms with Gasteiger partial charge in [0.15, 0.2) is 5.69 Å². The van der Waals surface area contributed by atoms with E-state index >= 15 is 0 Å². The van der Waals surface area contributed by atoms with Crippen molar-refractivity contribution >= 4 is 54.4 Å². The summed E-state index contributed by atoms with van der Waals surface area (Å²) in [5.74, 6) is -0.505. The highest BCUT2D eigenvalue weighted by molar-refractivity contribution is 9.10. The lowest BCUT2D eigenvalue weighted by atomic mass is 10.2. The fourth-order valence-electron chi connectivity index (χ4n) is 3.26. The molecule has 1 fully saturated rings. The van der Waals surface area contributed by atoms with Crippen LogP contribution in [0.5, 0.6) is 5.88 Å². The molecule has 2 heterocycles. The number of amides is 1. The van der Waals surface area contributed by atoms with Crippen LogP contribution in [0.3, 0.4) is 0 Å². The number of benzene rings is 2. The largest absolute Gasteiger partial charge is 0.493 e. The average molecular weight is 522 g/mol. The van der Waals surface area contributed by atoms with Crippen molar-refractivity contribution in [3.63, 3.8) is 0 Å². The monoisotopic (exact) mass is 520 g/mol. The number of fused-ring (bicyclic) bond motifs is 1. The third-order valence-electron chi connectivity index (χ3n) is 4.76. The lowest BCUT2D eigenvalue weighted by molar-refractivity contribution is 0.0231. The van der Waals surface area contributed by atoms with E-state index in [-0.39, 0.29) is 11.6 Å². The van der Waals surface area contributed by atoms with Crippen LogP contribution in [0.4, 0.5) is 5.69 Å². The molecule has 1 amide bonds. The van der Waals surface area contributed by atoms with Crippen LogP contribution in [-0.4, -0.2) is 46.8 Å². The first-order chi connectivity index (χ1) is 14.0. The van der Waals surface area contributed by atoms with Gasteiger partial charge in [-0.15, -0.1) is 10.2 Å². The Hall–Kier alpha value is -2.07. The van der Waals surface area contributed by atoms with Gasteiger partial charge in [-0.2, -0.15) is 0 Å². The summed E-state index contributed by atoms with van der Waals surface area (Å²) in [4.78, 5) is 14.7. The van der Waals surface area contributed by atoms with Gasteiger partial charge < -0.3 is 9.84 Å². The highest BCUT2D eigenvalue weighted by Gasteiger charge is 2.20. The number of azo groups is 1. The minimum atomic E-state index is -0.485. The second kappa shape index (κ2) is 8.74. The summed E-state index contributed by atoms with van der Waals surface area (Å²) in [6.45, 7) is 3.40. The molecule has 1 aromatic heterocycles. The quantitative estimate of drug-likeness (QED) is 0.485. The van der Waals surface area contributed by atoms with Gasteiger partial charge in [0.25, 0.3) is 5.91 Å². The van der Waals surface area contributed by atoms with Crippen LogP contribution in [0.2, 0.25) is 0 Å². The Bertz CT molecular complexity index is 1090. The molecule has 0 atom stereocenters. The van der Waals surface area contributed by atoms with Crippen molar-refractivity contribution in [2.45, 2.75) is 6.67 Å². The first-order valence-corrected chi connectivity index (χ1v) is 10.6. The molecule has 0 spiro atoms. The molecule has 1 saturated heterocycles. The van der Waals surface area contributed by atoms with E-state index in [1.807, 2.05) is 24.3 Å². The molecule has 0 bridgehead atoms. The maximum atomic E-state index is 12.5. The molecular weight excluding hydrogens is 504 g/mol. The minimum absolute atomic E-state index is 0.0201. The Morgan fingerprint density at radius 2 is 1.90 bits per heavy atom. The van der Waals surface area contributed by atoms with Gasteiger partial charge in [0.05, 0.1) is 31.0 Å². The van der Waals surface area contributed by atoms with E-state index < -0.39 is 5.91 Å². The van der Waals surface area contributed by atoms with E-state index in [0.29, 0.717) is 35.3 Å². The third-order valence-corrected chi connectivity index (χ3v) is 5.95. The number of aromatic hydroxyl groups is 1. The second-order valence-electron chi connectivity index (χ2n) is 6.62. The SMILES string of the molecule is O=C(N=Nc1c(O)n(CN2CCOCC2)c2ccc(Br)cc12)c1ccccc1Br. The standard InChI is InChI=1S/C20H18Br2N4O3/c21-13-5-6-17-15(11-13)18(20(28)26(17)12-25-7-9-29-10-8-25)23-24-19(27)14-3-1-2-4-16(14)22/h1-6,11,28H,7-10,12H2. The first kappa shape index (κ1) is 20.2. The van der Waals surface area contributed by atoms with Crippen LogP contribution in [-0.2, 0) is 11.4 Å². The van der Waals surface area contributed by atoms with Crippen LogP contribution < -0.4 is 0 Å². The van der Waals surface area contributed by atoms with E-state index in [2.05, 4.69) is 47.0 Å². The van der Waals surface area contributed by atoms with Crippen LogP contribution in [0.25, 0.3) is 10.9 Å². The summed E-state index contributed by atoms with van der Waals surface area (Å²) in [5, 5.41) is 19.6. The highest BCUT2D eigenvalue weighted by Crippen LogP contribution is 2.40. The maximum Gasteiger partial charge on any atom is 0.296 e. The van der Waals surface area contributed by atoms with E-state index in [0.717, 1.165) is 23.1 Å². The van der Waals surface area contributed by atoms with E-state index in [4.69, 9.17) is 4.74 Å². The van der Waals surface area contributed by atoms with Crippen molar-refractivity contribution in [3.05, 3.63) is 57.0 Å². The molecule has 150 valence electrons. The fraction of sp³-hybridized carbons (Fsp3) is 0.250. The van der Waals surface area contributed by atoms with Crippen molar-refractivity contribution < 1.29 is 14.6 Å². The van der Waals surface area contributed by atoms with Crippen molar-refractivity contribution in [2.24, 2.45) is 10.2 Å². The van der Waals surface area contributed by atoms with Gasteiger partial charge in [-0.25, -0.2) is 0 Å². The lowest BCUT2D eigenvalue weighted by Gasteiger charge is -2.27. The minimum Gasteiger partial charge on any atom is -0.493 e. The van der Waals surface area contributed by atoms with Crippen molar-refractivity contribution in [2.75, 3.05) is 26.3 Å². The molecule has 0 aliphatic carbocycles. The van der Waals surface area contributed by atoms with Crippen molar-refractivity contribution in [3.8, 4) is 5.88 Å². The Labute approximate surface area is 184 Å². The van der Waals surface area contributed by atoms with Crippen molar-refractivity contribution in [1.82, 2.24) is 9.47 Å². The van der Waals surface area contributed by atoms with Crippen LogP contribution in [0, 0.1) is 0 Å². The molecule has 0 saturated carbocycles. The summed E-state index contributed by atoms with van der Waals surface area (Å²) in [6, 6.07) is 12.7. The zero-order valence-electron chi connectivity index (χ0n) is 15.4. The smallest absolute Gasteiger partial charge is 0.296 e. The number of carbonyl (C=O) groups excluding carboxylic acids is 1. The molecule has 1 N–H and O–H groups in total. The first-order valence-electron chi connectivity index (χ1n) is 9.06. The van der Waals surface area contributed by atoms with Gasteiger partial charge in [-0.05, 0) is 46.3 Å². The molecule has 7 nitrogen and oxygen atoms in total. The third kappa shape index (κ3) is 4.28. The topological polar surface area (TPSA) is 79.4 Å². The van der Waals surface area contributed by atoms with Gasteiger partial charge >= 0.3 is 0 Å². The number of hydrogen-bond acceptors (Lipinski definition) is 5. The number of carbonyl (C=O) groups is 1. The Balaban J connectivity index is 1.71. The number of nitrogens with zero attached hydrogens (tertiary/aromatic N) is 4. The van der Waals surface area contributed by atoms with Crippen LogP contribution in [0.1, 0.15) is 10.4 Å². The normalized spacial score (nSPS) is 15.4. The average Bonchev–Trinajstić information content (AvgIpc) is 2.98. The summed E-state index contributed by atoms with van der Waals surface area (Å²) < 4.78 is 8.67. The van der Waals surface area contributed by atoms with Crippen LogP contribution >= 0.6 is 31.9 Å². The summed E-state index contributed by atoms with van der Waals surface area (Å²) in [6.07, 6.45) is 0. The van der Waals surface area contributed by atoms with Crippen LogP contribution in [0.15, 0.2) is 61.6 Å². The highest BCUT2D eigenvalue weighted by atomic mass is 79.9. The zero-order valence-corrected chi connectivity index (χ0v) is 18.6. The van der Waals surface area contributed by atoms with E-state index in [9.17, 15) is 9.90 Å². The van der Waals surface area contributed by atoms with Gasteiger partial charge in [0.1, 0.15) is 0 Å². The molecule has 3 aromatic rings. The molecule has 29 heavy (non-hydrogen) atoms. The van der Waals surface area contributed by atoms with Crippen molar-refractivity contribution in [1.29, 1.82) is 0 Å². The Morgan fingerprint density at radius 3 is 2.66 bits per heavy atom. The summed E-state index contributed by atoms with van der Waals surface area (Å²) in [7, 11) is 0. The molecule has 0 unspecified atom stereocenters. The predicted molar refractivity (Wildman–Crippen MR) is 117 cm³/mol. The predicted octanol–water partition coefficient (Wildman–Crippen LogP) is 5.09. The van der Waals surface area contributed by atoms with Gasteiger partial charge in [-0.1, -0.05) is 28.1 Å². The molecule has 1 aliphatic rings. The maximum absolute atomic E-state index is 12.5. The number of hydrogen-bond donors (Lipinski definition) is 1. The Kier molecular flexibility index (Phi) is 6.09. The summed E-state index contributed by atoms with van der Waals surface area (Å²) >= 11 is 6.81.